The minimum absolute atomic E-state index is 0. The minimum atomic E-state index is 0. The van der Waals surface area contributed by atoms with Crippen LogP contribution in [0.15, 0.2) is 53.2 Å². The van der Waals surface area contributed by atoms with E-state index in [0.717, 1.165) is 19.3 Å². The smallest absolute Gasteiger partial charge is 0.270 e. The molecular formula is C18H21La. The molecule has 0 aromatic heterocycles. The van der Waals surface area contributed by atoms with Crippen LogP contribution in [0.25, 0.3) is 0 Å². The van der Waals surface area contributed by atoms with Crippen molar-refractivity contribution in [2.75, 3.05) is 0 Å². The Morgan fingerprint density at radius 3 is 0.947 bits per heavy atom. The van der Waals surface area contributed by atoms with Crippen LogP contribution in [-0.2, 0) is 0 Å². The van der Waals surface area contributed by atoms with Crippen molar-refractivity contribution in [3.63, 3.8) is 0 Å². The van der Waals surface area contributed by atoms with E-state index in [0.29, 0.717) is 0 Å². The molecule has 0 saturated carbocycles. The molecule has 0 nitrogen and oxygen atoms in total. The van der Waals surface area contributed by atoms with Crippen LogP contribution < -0.4 is 0 Å². The van der Waals surface area contributed by atoms with Gasteiger partial charge in [0.25, 0.3) is 0 Å². The first-order chi connectivity index (χ1) is 8.68. The topological polar surface area (TPSA) is 0 Å². The summed E-state index contributed by atoms with van der Waals surface area (Å²) >= 11 is 0. The van der Waals surface area contributed by atoms with Crippen molar-refractivity contribution in [3.05, 3.63) is 71.4 Å². The van der Waals surface area contributed by atoms with Gasteiger partial charge in [0.05, 0.1) is 0 Å². The van der Waals surface area contributed by atoms with Crippen molar-refractivity contribution in [2.24, 2.45) is 0 Å². The SMILES string of the molecule is CC1=[C-]CC=C1.CC1=[C-]CC=C1.CC1=[C-]CC=C1.[La+3]. The molecule has 0 N–H and O–H groups in total. The molecule has 0 saturated heterocycles. The van der Waals surface area contributed by atoms with Crippen molar-refractivity contribution in [3.8, 4) is 0 Å². The van der Waals surface area contributed by atoms with Gasteiger partial charge in [0.15, 0.2) is 0 Å². The van der Waals surface area contributed by atoms with E-state index in [1.54, 1.807) is 0 Å². The van der Waals surface area contributed by atoms with Crippen LogP contribution in [-0.4, -0.2) is 0 Å². The van der Waals surface area contributed by atoms with Gasteiger partial charge in [-0.1, -0.05) is 20.8 Å². The van der Waals surface area contributed by atoms with Gasteiger partial charge in [0.2, 0.25) is 0 Å². The molecule has 96 valence electrons. The fraction of sp³-hybridized carbons (Fsp3) is 0.333. The van der Waals surface area contributed by atoms with Gasteiger partial charge in [0.1, 0.15) is 0 Å². The predicted octanol–water partition coefficient (Wildman–Crippen LogP) is 5.09. The van der Waals surface area contributed by atoms with Crippen LogP contribution in [0.3, 0.4) is 0 Å². The Hall–Kier alpha value is -0.365. The molecular weight excluding hydrogens is 355 g/mol. The Bertz CT molecular complexity index is 354. The normalized spacial score (nSPS) is 17.5. The van der Waals surface area contributed by atoms with E-state index < -0.39 is 0 Å². The van der Waals surface area contributed by atoms with Gasteiger partial charge in [0, 0.05) is 0 Å². The van der Waals surface area contributed by atoms with Crippen molar-refractivity contribution in [1.82, 2.24) is 0 Å². The molecule has 3 rings (SSSR count). The number of hydrogen-bond donors (Lipinski definition) is 0. The third-order valence-corrected chi connectivity index (χ3v) is 2.60. The Morgan fingerprint density at radius 1 is 0.632 bits per heavy atom. The average Bonchev–Trinajstić information content (AvgIpc) is 3.05. The number of hydrogen-bond acceptors (Lipinski definition) is 0. The van der Waals surface area contributed by atoms with Crippen molar-refractivity contribution in [2.45, 2.75) is 40.0 Å². The fourth-order valence-electron chi connectivity index (χ4n) is 1.54. The van der Waals surface area contributed by atoms with Crippen molar-refractivity contribution < 1.29 is 35.6 Å². The zero-order valence-electron chi connectivity index (χ0n) is 12.2. The summed E-state index contributed by atoms with van der Waals surface area (Å²) < 4.78 is 0. The summed E-state index contributed by atoms with van der Waals surface area (Å²) in [6, 6.07) is 0. The third-order valence-electron chi connectivity index (χ3n) is 2.60. The third kappa shape index (κ3) is 10.1. The first-order valence-electron chi connectivity index (χ1n) is 6.40. The maximum atomic E-state index is 3.12. The largest absolute Gasteiger partial charge is 3.00 e. The second-order valence-electron chi connectivity index (χ2n) is 4.40. The Kier molecular flexibility index (Phi) is 11.2. The maximum absolute atomic E-state index is 3.12. The van der Waals surface area contributed by atoms with Crippen LogP contribution in [0.2, 0.25) is 0 Å². The molecule has 0 aromatic rings. The fourth-order valence-corrected chi connectivity index (χ4v) is 1.54. The van der Waals surface area contributed by atoms with E-state index in [1.807, 2.05) is 0 Å². The van der Waals surface area contributed by atoms with E-state index in [2.05, 4.69) is 75.5 Å². The van der Waals surface area contributed by atoms with E-state index in [1.165, 1.54) is 16.7 Å². The molecule has 3 aliphatic rings. The Morgan fingerprint density at radius 2 is 0.895 bits per heavy atom. The van der Waals surface area contributed by atoms with Gasteiger partial charge in [-0.25, -0.2) is 34.9 Å². The van der Waals surface area contributed by atoms with Gasteiger partial charge in [-0.3, -0.25) is 18.2 Å². The predicted molar refractivity (Wildman–Crippen MR) is 78.6 cm³/mol. The summed E-state index contributed by atoms with van der Waals surface area (Å²) in [6.07, 6.45) is 25.0. The van der Waals surface area contributed by atoms with Crippen LogP contribution >= 0.6 is 0 Å². The Balaban J connectivity index is 0.000000249. The number of allylic oxidation sites excluding steroid dienone is 12. The van der Waals surface area contributed by atoms with E-state index in [4.69, 9.17) is 0 Å². The first kappa shape index (κ1) is 18.6. The zero-order valence-corrected chi connectivity index (χ0v) is 15.8. The second kappa shape index (κ2) is 11.5. The molecule has 3 aliphatic carbocycles. The molecule has 0 radical (unpaired) electrons. The van der Waals surface area contributed by atoms with Crippen LogP contribution in [0, 0.1) is 53.8 Å². The van der Waals surface area contributed by atoms with E-state index in [9.17, 15) is 0 Å². The van der Waals surface area contributed by atoms with Gasteiger partial charge in [-0.15, -0.1) is 19.3 Å². The van der Waals surface area contributed by atoms with Gasteiger partial charge >= 0.3 is 35.6 Å². The molecule has 0 fully saturated rings. The van der Waals surface area contributed by atoms with Crippen molar-refractivity contribution in [1.29, 1.82) is 0 Å². The monoisotopic (exact) mass is 376 g/mol. The minimum Gasteiger partial charge on any atom is -0.270 e. The summed E-state index contributed by atoms with van der Waals surface area (Å²) in [5, 5.41) is 0. The van der Waals surface area contributed by atoms with Crippen LogP contribution in [0.5, 0.6) is 0 Å². The standard InChI is InChI=1S/3C6H7.La/c3*1-6-4-2-3-5-6;/h3*2,4H,3H2,1H3;/q3*-1;+3. The molecule has 1 heteroatoms. The molecule has 0 heterocycles. The molecule has 0 unspecified atom stereocenters. The zero-order chi connectivity index (χ0) is 13.2. The summed E-state index contributed by atoms with van der Waals surface area (Å²) in [6.45, 7) is 6.18. The van der Waals surface area contributed by atoms with E-state index in [-0.39, 0.29) is 35.6 Å². The van der Waals surface area contributed by atoms with Gasteiger partial charge < -0.3 is 0 Å². The quantitative estimate of drug-likeness (QED) is 0.517. The first-order valence-corrected chi connectivity index (χ1v) is 6.40. The molecule has 0 amide bonds. The second-order valence-corrected chi connectivity index (χ2v) is 4.40. The molecule has 0 aliphatic heterocycles. The van der Waals surface area contributed by atoms with E-state index >= 15 is 0 Å². The molecule has 0 spiro atoms. The molecule has 19 heavy (non-hydrogen) atoms. The average molecular weight is 376 g/mol. The van der Waals surface area contributed by atoms with Gasteiger partial charge in [-0.05, 0) is 0 Å². The molecule has 0 aromatic carbocycles. The summed E-state index contributed by atoms with van der Waals surface area (Å²) in [4.78, 5) is 0. The summed E-state index contributed by atoms with van der Waals surface area (Å²) in [5.41, 5.74) is 3.82. The molecule has 0 bridgehead atoms. The number of rotatable bonds is 0. The summed E-state index contributed by atoms with van der Waals surface area (Å²) in [7, 11) is 0. The molecule has 0 atom stereocenters. The van der Waals surface area contributed by atoms with Gasteiger partial charge in [-0.2, -0.15) is 18.2 Å². The van der Waals surface area contributed by atoms with Crippen molar-refractivity contribution >= 4 is 0 Å². The summed E-state index contributed by atoms with van der Waals surface area (Å²) in [5.74, 6) is 0. The maximum Gasteiger partial charge on any atom is 3.00 e. The van der Waals surface area contributed by atoms with Crippen LogP contribution in [0.4, 0.5) is 0 Å². The van der Waals surface area contributed by atoms with Crippen LogP contribution in [0.1, 0.15) is 40.0 Å². The Labute approximate surface area is 146 Å².